The Morgan fingerprint density at radius 1 is 1.17 bits per heavy atom. The van der Waals surface area contributed by atoms with E-state index in [2.05, 4.69) is 15.3 Å². The highest BCUT2D eigenvalue weighted by atomic mass is 32.1. The van der Waals surface area contributed by atoms with Crippen LogP contribution in [-0.4, -0.2) is 21.0 Å². The van der Waals surface area contributed by atoms with Crippen LogP contribution in [0.25, 0.3) is 21.5 Å². The monoisotopic (exact) mass is 425 g/mol. The fraction of sp³-hybridized carbons (Fsp3) is 0.136. The van der Waals surface area contributed by atoms with E-state index < -0.39 is 11.9 Å². The number of halogens is 2. The average Bonchev–Trinajstić information content (AvgIpc) is 3.14. The van der Waals surface area contributed by atoms with Gasteiger partial charge < -0.3 is 5.11 Å². The van der Waals surface area contributed by atoms with Crippen LogP contribution in [0.5, 0.6) is 0 Å². The maximum Gasteiger partial charge on any atom is 0.257 e. The number of pyridine rings is 1. The van der Waals surface area contributed by atoms with Gasteiger partial charge in [-0.1, -0.05) is 30.4 Å². The second-order valence-corrected chi connectivity index (χ2v) is 7.72. The van der Waals surface area contributed by atoms with Gasteiger partial charge in [0.2, 0.25) is 0 Å². The van der Waals surface area contributed by atoms with Crippen molar-refractivity contribution in [2.75, 3.05) is 5.32 Å². The van der Waals surface area contributed by atoms with Gasteiger partial charge in [0, 0.05) is 29.0 Å². The van der Waals surface area contributed by atoms with E-state index in [-0.39, 0.29) is 17.4 Å². The summed E-state index contributed by atoms with van der Waals surface area (Å²) < 4.78 is 28.5. The standard InChI is InChI=1S/C22H17F2N3O2S/c1-2-18(28)14-9-16(24)20(25-11-14)12-3-5-13(6-4-12)21(29)27-22-26-17-10-15(23)7-8-19(17)30-22/h3-11,18,28H,2H2,1H3,(H,26,27,29). The Morgan fingerprint density at radius 2 is 1.93 bits per heavy atom. The molecule has 0 saturated carbocycles. The molecule has 4 aromatic rings. The van der Waals surface area contributed by atoms with Crippen molar-refractivity contribution >= 4 is 32.6 Å². The topological polar surface area (TPSA) is 75.1 Å². The summed E-state index contributed by atoms with van der Waals surface area (Å²) in [6, 6.07) is 11.9. The van der Waals surface area contributed by atoms with Gasteiger partial charge in [0.05, 0.1) is 16.3 Å². The molecule has 0 radical (unpaired) electrons. The molecular weight excluding hydrogens is 408 g/mol. The van der Waals surface area contributed by atoms with E-state index in [4.69, 9.17) is 0 Å². The van der Waals surface area contributed by atoms with E-state index in [0.29, 0.717) is 33.8 Å². The molecule has 1 amide bonds. The molecule has 2 aromatic heterocycles. The molecule has 1 atom stereocenters. The van der Waals surface area contributed by atoms with Crippen molar-refractivity contribution < 1.29 is 18.7 Å². The third-order valence-electron chi connectivity index (χ3n) is 4.62. The number of nitrogens with zero attached hydrogens (tertiary/aromatic N) is 2. The van der Waals surface area contributed by atoms with Gasteiger partial charge in [-0.3, -0.25) is 15.1 Å². The number of nitrogens with one attached hydrogen (secondary N) is 1. The van der Waals surface area contributed by atoms with Crippen molar-refractivity contribution in [3.63, 3.8) is 0 Å². The van der Waals surface area contributed by atoms with Crippen LogP contribution in [0.4, 0.5) is 13.9 Å². The van der Waals surface area contributed by atoms with Gasteiger partial charge in [0.1, 0.15) is 17.3 Å². The first-order chi connectivity index (χ1) is 14.4. The lowest BCUT2D eigenvalue weighted by Crippen LogP contribution is -2.11. The van der Waals surface area contributed by atoms with E-state index in [1.807, 2.05) is 0 Å². The van der Waals surface area contributed by atoms with E-state index >= 15 is 0 Å². The van der Waals surface area contributed by atoms with Crippen molar-refractivity contribution in [1.29, 1.82) is 0 Å². The highest BCUT2D eigenvalue weighted by Gasteiger charge is 2.14. The van der Waals surface area contributed by atoms with Crippen molar-refractivity contribution in [2.24, 2.45) is 0 Å². The van der Waals surface area contributed by atoms with Crippen LogP contribution in [0.3, 0.4) is 0 Å². The Labute approximate surface area is 175 Å². The van der Waals surface area contributed by atoms with Gasteiger partial charge in [0.25, 0.3) is 5.91 Å². The SMILES string of the molecule is CCC(O)c1cnc(-c2ccc(C(=O)Nc3nc4cc(F)ccc4s3)cc2)c(F)c1. The third-order valence-corrected chi connectivity index (χ3v) is 5.58. The average molecular weight is 425 g/mol. The number of anilines is 1. The lowest BCUT2D eigenvalue weighted by Gasteiger charge is -2.10. The summed E-state index contributed by atoms with van der Waals surface area (Å²) >= 11 is 1.25. The molecule has 0 aliphatic rings. The Kier molecular flexibility index (Phi) is 5.52. The zero-order valence-corrected chi connectivity index (χ0v) is 16.7. The third kappa shape index (κ3) is 4.05. The number of amides is 1. The molecule has 0 saturated heterocycles. The summed E-state index contributed by atoms with van der Waals surface area (Å²) in [7, 11) is 0. The van der Waals surface area contributed by atoms with Crippen LogP contribution in [-0.2, 0) is 0 Å². The van der Waals surface area contributed by atoms with E-state index in [0.717, 1.165) is 4.70 Å². The molecule has 152 valence electrons. The number of fused-ring (bicyclic) bond motifs is 1. The molecule has 0 spiro atoms. The number of aromatic nitrogens is 2. The van der Waals surface area contributed by atoms with Gasteiger partial charge >= 0.3 is 0 Å². The predicted molar refractivity (Wildman–Crippen MR) is 112 cm³/mol. The molecule has 4 rings (SSSR count). The molecule has 2 heterocycles. The summed E-state index contributed by atoms with van der Waals surface area (Å²) in [6.07, 6.45) is 1.16. The maximum absolute atomic E-state index is 14.4. The molecule has 30 heavy (non-hydrogen) atoms. The molecule has 0 fully saturated rings. The Bertz CT molecular complexity index is 1230. The number of thiazole rings is 1. The second-order valence-electron chi connectivity index (χ2n) is 6.69. The zero-order chi connectivity index (χ0) is 21.3. The number of rotatable bonds is 5. The van der Waals surface area contributed by atoms with Crippen molar-refractivity contribution in [3.8, 4) is 11.3 Å². The van der Waals surface area contributed by atoms with Gasteiger partial charge in [0.15, 0.2) is 5.13 Å². The molecular formula is C22H17F2N3O2S. The van der Waals surface area contributed by atoms with Crippen LogP contribution < -0.4 is 5.32 Å². The Hall–Kier alpha value is -3.23. The number of benzene rings is 2. The first-order valence-corrected chi connectivity index (χ1v) is 10.1. The predicted octanol–water partition coefficient (Wildman–Crippen LogP) is 5.33. The summed E-state index contributed by atoms with van der Waals surface area (Å²) in [5.41, 5.74) is 1.91. The first-order valence-electron chi connectivity index (χ1n) is 9.26. The van der Waals surface area contributed by atoms with Crippen LogP contribution >= 0.6 is 11.3 Å². The van der Waals surface area contributed by atoms with Gasteiger partial charge in [-0.25, -0.2) is 13.8 Å². The quantitative estimate of drug-likeness (QED) is 0.453. The summed E-state index contributed by atoms with van der Waals surface area (Å²) in [5, 5.41) is 12.9. The second kappa shape index (κ2) is 8.25. The lowest BCUT2D eigenvalue weighted by molar-refractivity contribution is 0.102. The lowest BCUT2D eigenvalue weighted by atomic mass is 10.0. The van der Waals surface area contributed by atoms with Crippen molar-refractivity contribution in [2.45, 2.75) is 19.4 Å². The maximum atomic E-state index is 14.4. The molecule has 2 aromatic carbocycles. The number of carbonyl (C=O) groups excluding carboxylic acids is 1. The summed E-state index contributed by atoms with van der Waals surface area (Å²) in [5.74, 6) is -1.31. The highest BCUT2D eigenvalue weighted by molar-refractivity contribution is 7.22. The Morgan fingerprint density at radius 3 is 2.63 bits per heavy atom. The molecule has 8 heteroatoms. The molecule has 1 unspecified atom stereocenters. The van der Waals surface area contributed by atoms with Crippen LogP contribution in [0, 0.1) is 11.6 Å². The van der Waals surface area contributed by atoms with Crippen LogP contribution in [0.1, 0.15) is 35.4 Å². The molecule has 0 aliphatic carbocycles. The normalized spacial score (nSPS) is 12.1. The summed E-state index contributed by atoms with van der Waals surface area (Å²) in [4.78, 5) is 20.8. The smallest absolute Gasteiger partial charge is 0.257 e. The number of hydrogen-bond acceptors (Lipinski definition) is 5. The van der Waals surface area contributed by atoms with E-state index in [9.17, 15) is 18.7 Å². The molecule has 0 bridgehead atoms. The number of carbonyl (C=O) groups is 1. The van der Waals surface area contributed by atoms with Gasteiger partial charge in [-0.15, -0.1) is 0 Å². The zero-order valence-electron chi connectivity index (χ0n) is 15.9. The largest absolute Gasteiger partial charge is 0.388 e. The molecule has 2 N–H and O–H groups in total. The minimum Gasteiger partial charge on any atom is -0.388 e. The van der Waals surface area contributed by atoms with E-state index in [1.165, 1.54) is 35.7 Å². The minimum absolute atomic E-state index is 0.141. The molecule has 0 aliphatic heterocycles. The molecule has 5 nitrogen and oxygen atoms in total. The number of aliphatic hydroxyl groups excluding tert-OH is 1. The number of hydrogen-bond donors (Lipinski definition) is 2. The summed E-state index contributed by atoms with van der Waals surface area (Å²) in [6.45, 7) is 1.80. The van der Waals surface area contributed by atoms with Gasteiger partial charge in [-0.2, -0.15) is 0 Å². The number of aliphatic hydroxyl groups is 1. The minimum atomic E-state index is -0.758. The first kappa shape index (κ1) is 20.1. The van der Waals surface area contributed by atoms with Crippen molar-refractivity contribution in [3.05, 3.63) is 77.5 Å². The van der Waals surface area contributed by atoms with Gasteiger partial charge in [-0.05, 0) is 36.8 Å². The van der Waals surface area contributed by atoms with Crippen LogP contribution in [0.2, 0.25) is 0 Å². The fourth-order valence-electron chi connectivity index (χ4n) is 2.99. The van der Waals surface area contributed by atoms with Crippen molar-refractivity contribution in [1.82, 2.24) is 9.97 Å². The Balaban J connectivity index is 1.52. The van der Waals surface area contributed by atoms with Crippen LogP contribution in [0.15, 0.2) is 54.7 Å². The van der Waals surface area contributed by atoms with E-state index in [1.54, 1.807) is 37.3 Å². The fourth-order valence-corrected chi connectivity index (χ4v) is 3.83. The highest BCUT2D eigenvalue weighted by Crippen LogP contribution is 2.28.